The topological polar surface area (TPSA) is 32.6 Å². The van der Waals surface area contributed by atoms with Crippen LogP contribution >= 0.6 is 0 Å². The maximum absolute atomic E-state index is 4.62. The maximum Gasteiger partial charge on any atom is 0.137 e. The van der Waals surface area contributed by atoms with E-state index >= 15 is 0 Å². The molecule has 0 saturated carbocycles. The number of aromatic nitrogens is 2. The monoisotopic (exact) mass is 258 g/mol. The van der Waals surface area contributed by atoms with Crippen LogP contribution in [0.4, 0.5) is 0 Å². The zero-order valence-corrected chi connectivity index (χ0v) is 11.5. The van der Waals surface area contributed by atoms with Gasteiger partial charge in [0.1, 0.15) is 5.65 Å². The van der Waals surface area contributed by atoms with Crippen molar-refractivity contribution in [3.8, 4) is 0 Å². The summed E-state index contributed by atoms with van der Waals surface area (Å²) in [5, 5.41) is 3.65. The first-order valence-corrected chi connectivity index (χ1v) is 7.23. The van der Waals surface area contributed by atoms with Crippen molar-refractivity contribution in [2.75, 3.05) is 19.6 Å². The minimum Gasteiger partial charge on any atom is -0.307 e. The van der Waals surface area contributed by atoms with Gasteiger partial charge in [-0.25, -0.2) is 4.98 Å². The Morgan fingerprint density at radius 3 is 3.21 bits per heavy atom. The summed E-state index contributed by atoms with van der Waals surface area (Å²) in [6.07, 6.45) is 6.74. The average Bonchev–Trinajstić information content (AvgIpc) is 2.88. The zero-order chi connectivity index (χ0) is 13.1. The summed E-state index contributed by atoms with van der Waals surface area (Å²) in [6.45, 7) is 6.69. The van der Waals surface area contributed by atoms with E-state index in [9.17, 15) is 0 Å². The number of piperidine rings is 1. The van der Waals surface area contributed by atoms with Gasteiger partial charge in [0.15, 0.2) is 0 Å². The van der Waals surface area contributed by atoms with E-state index in [2.05, 4.69) is 32.7 Å². The third-order valence-corrected chi connectivity index (χ3v) is 3.94. The SMILES string of the molecule is CCN1CCCC(NCc2cn3ccccc3n2)C1. The maximum atomic E-state index is 4.62. The molecule has 2 aromatic rings. The van der Waals surface area contributed by atoms with Crippen LogP contribution in [0.3, 0.4) is 0 Å². The van der Waals surface area contributed by atoms with Gasteiger partial charge in [0.2, 0.25) is 0 Å². The predicted molar refractivity (Wildman–Crippen MR) is 77.2 cm³/mol. The summed E-state index contributed by atoms with van der Waals surface area (Å²) in [7, 11) is 0. The molecule has 2 aromatic heterocycles. The molecule has 1 aliphatic rings. The molecule has 1 unspecified atom stereocenters. The molecular formula is C15H22N4. The van der Waals surface area contributed by atoms with Crippen molar-refractivity contribution in [3.05, 3.63) is 36.3 Å². The molecule has 102 valence electrons. The number of pyridine rings is 1. The molecule has 3 heterocycles. The van der Waals surface area contributed by atoms with Crippen LogP contribution in [0.5, 0.6) is 0 Å². The molecule has 0 amide bonds. The molecule has 4 heteroatoms. The molecule has 0 bridgehead atoms. The highest BCUT2D eigenvalue weighted by atomic mass is 15.2. The van der Waals surface area contributed by atoms with E-state index in [0.29, 0.717) is 6.04 Å². The molecule has 1 atom stereocenters. The van der Waals surface area contributed by atoms with Crippen LogP contribution in [0.25, 0.3) is 5.65 Å². The van der Waals surface area contributed by atoms with Crippen LogP contribution in [0, 0.1) is 0 Å². The smallest absolute Gasteiger partial charge is 0.137 e. The summed E-state index contributed by atoms with van der Waals surface area (Å²) >= 11 is 0. The minimum absolute atomic E-state index is 0.610. The summed E-state index contributed by atoms with van der Waals surface area (Å²) in [4.78, 5) is 7.14. The second-order valence-electron chi connectivity index (χ2n) is 5.31. The Balaban J connectivity index is 1.59. The number of likely N-dealkylation sites (tertiary alicyclic amines) is 1. The van der Waals surface area contributed by atoms with Crippen molar-refractivity contribution in [1.29, 1.82) is 0 Å². The van der Waals surface area contributed by atoms with E-state index in [-0.39, 0.29) is 0 Å². The first-order valence-electron chi connectivity index (χ1n) is 7.23. The Morgan fingerprint density at radius 2 is 2.37 bits per heavy atom. The Bertz CT molecular complexity index is 501. The Morgan fingerprint density at radius 1 is 1.42 bits per heavy atom. The number of rotatable bonds is 4. The van der Waals surface area contributed by atoms with E-state index in [0.717, 1.165) is 24.4 Å². The first kappa shape index (κ1) is 12.6. The largest absolute Gasteiger partial charge is 0.307 e. The van der Waals surface area contributed by atoms with Crippen molar-refractivity contribution in [2.45, 2.75) is 32.4 Å². The number of imidazole rings is 1. The zero-order valence-electron chi connectivity index (χ0n) is 11.5. The highest BCUT2D eigenvalue weighted by Gasteiger charge is 2.18. The number of hydrogen-bond acceptors (Lipinski definition) is 3. The van der Waals surface area contributed by atoms with Crippen LogP contribution in [-0.4, -0.2) is 40.0 Å². The second-order valence-corrected chi connectivity index (χ2v) is 5.31. The molecule has 0 aromatic carbocycles. The van der Waals surface area contributed by atoms with Gasteiger partial charge >= 0.3 is 0 Å². The lowest BCUT2D eigenvalue weighted by Gasteiger charge is -2.32. The van der Waals surface area contributed by atoms with Crippen molar-refractivity contribution < 1.29 is 0 Å². The van der Waals surface area contributed by atoms with Gasteiger partial charge in [-0.15, -0.1) is 0 Å². The normalized spacial score (nSPS) is 21.0. The van der Waals surface area contributed by atoms with Gasteiger partial charge in [0.25, 0.3) is 0 Å². The summed E-state index contributed by atoms with van der Waals surface area (Å²) in [5.41, 5.74) is 2.15. The van der Waals surface area contributed by atoms with Crippen molar-refractivity contribution in [2.24, 2.45) is 0 Å². The fraction of sp³-hybridized carbons (Fsp3) is 0.533. The van der Waals surface area contributed by atoms with Gasteiger partial charge in [-0.3, -0.25) is 0 Å². The van der Waals surface area contributed by atoms with Crippen molar-refractivity contribution >= 4 is 5.65 Å². The highest BCUT2D eigenvalue weighted by Crippen LogP contribution is 2.11. The number of hydrogen-bond donors (Lipinski definition) is 1. The highest BCUT2D eigenvalue weighted by molar-refractivity contribution is 5.39. The Hall–Kier alpha value is -1.39. The van der Waals surface area contributed by atoms with Crippen LogP contribution in [0.15, 0.2) is 30.6 Å². The minimum atomic E-state index is 0.610. The number of fused-ring (bicyclic) bond motifs is 1. The molecule has 3 rings (SSSR count). The standard InChI is InChI=1S/C15H22N4/c1-2-18-8-5-6-13(11-18)16-10-14-12-19-9-4-3-7-15(19)17-14/h3-4,7,9,12-13,16H,2,5-6,8,10-11H2,1H3. The van der Waals surface area contributed by atoms with E-state index < -0.39 is 0 Å². The van der Waals surface area contributed by atoms with Gasteiger partial charge in [-0.1, -0.05) is 13.0 Å². The van der Waals surface area contributed by atoms with Crippen LogP contribution in [0.2, 0.25) is 0 Å². The molecule has 0 radical (unpaired) electrons. The molecule has 0 spiro atoms. The number of nitrogens with zero attached hydrogens (tertiary/aromatic N) is 3. The van der Waals surface area contributed by atoms with Gasteiger partial charge < -0.3 is 14.6 Å². The van der Waals surface area contributed by atoms with Gasteiger partial charge in [0.05, 0.1) is 5.69 Å². The summed E-state index contributed by atoms with van der Waals surface area (Å²) < 4.78 is 2.08. The lowest BCUT2D eigenvalue weighted by Crippen LogP contribution is -2.45. The first-order chi connectivity index (χ1) is 9.35. The van der Waals surface area contributed by atoms with Crippen LogP contribution in [0.1, 0.15) is 25.5 Å². The van der Waals surface area contributed by atoms with E-state index in [4.69, 9.17) is 0 Å². The molecule has 4 nitrogen and oxygen atoms in total. The van der Waals surface area contributed by atoms with Crippen molar-refractivity contribution in [1.82, 2.24) is 19.6 Å². The lowest BCUT2D eigenvalue weighted by atomic mass is 10.1. The molecule has 1 aliphatic heterocycles. The predicted octanol–water partition coefficient (Wildman–Crippen LogP) is 1.91. The van der Waals surface area contributed by atoms with Gasteiger partial charge in [-0.2, -0.15) is 0 Å². The number of likely N-dealkylation sites (N-methyl/N-ethyl adjacent to an activating group) is 1. The van der Waals surface area contributed by atoms with Crippen LogP contribution < -0.4 is 5.32 Å². The molecular weight excluding hydrogens is 236 g/mol. The van der Waals surface area contributed by atoms with E-state index in [1.807, 2.05) is 24.4 Å². The molecule has 1 N–H and O–H groups in total. The van der Waals surface area contributed by atoms with Crippen LogP contribution in [-0.2, 0) is 6.54 Å². The van der Waals surface area contributed by atoms with E-state index in [1.54, 1.807) is 0 Å². The molecule has 1 saturated heterocycles. The van der Waals surface area contributed by atoms with Crippen molar-refractivity contribution in [3.63, 3.8) is 0 Å². The fourth-order valence-electron chi connectivity index (χ4n) is 2.83. The average molecular weight is 258 g/mol. The summed E-state index contributed by atoms with van der Waals surface area (Å²) in [6, 6.07) is 6.72. The second kappa shape index (κ2) is 5.72. The third kappa shape index (κ3) is 2.96. The summed E-state index contributed by atoms with van der Waals surface area (Å²) in [5.74, 6) is 0. The fourth-order valence-corrected chi connectivity index (χ4v) is 2.83. The number of nitrogens with one attached hydrogen (secondary N) is 1. The third-order valence-electron chi connectivity index (χ3n) is 3.94. The lowest BCUT2D eigenvalue weighted by molar-refractivity contribution is 0.198. The van der Waals surface area contributed by atoms with Gasteiger partial charge in [0, 0.05) is 31.5 Å². The Labute approximate surface area is 114 Å². The molecule has 0 aliphatic carbocycles. The molecule has 1 fully saturated rings. The Kier molecular flexibility index (Phi) is 3.80. The van der Waals surface area contributed by atoms with Gasteiger partial charge in [-0.05, 0) is 38.1 Å². The quantitative estimate of drug-likeness (QED) is 0.909. The van der Waals surface area contributed by atoms with E-state index in [1.165, 1.54) is 25.9 Å². The molecule has 19 heavy (non-hydrogen) atoms.